The lowest BCUT2D eigenvalue weighted by Gasteiger charge is -2.36. The van der Waals surface area contributed by atoms with Crippen LogP contribution in [-0.2, 0) is 11.9 Å². The molecule has 0 radical (unpaired) electrons. The van der Waals surface area contributed by atoms with Gasteiger partial charge in [0.1, 0.15) is 10.7 Å². The molecule has 0 saturated carbocycles. The highest BCUT2D eigenvalue weighted by molar-refractivity contribution is 7.98. The van der Waals surface area contributed by atoms with Crippen LogP contribution < -0.4 is 4.90 Å². The summed E-state index contributed by atoms with van der Waals surface area (Å²) < 4.78 is 42.1. The van der Waals surface area contributed by atoms with Gasteiger partial charge in [0, 0.05) is 49.5 Å². The van der Waals surface area contributed by atoms with Gasteiger partial charge in [0.05, 0.1) is 27.7 Å². The highest BCUT2D eigenvalue weighted by Crippen LogP contribution is 2.34. The van der Waals surface area contributed by atoms with Gasteiger partial charge in [0.25, 0.3) is 5.91 Å². The van der Waals surface area contributed by atoms with Crippen molar-refractivity contribution in [1.82, 2.24) is 29.6 Å². The fraction of sp³-hybridized carbons (Fsp3) is 0.207. The Bertz CT molecular complexity index is 1740. The van der Waals surface area contributed by atoms with Crippen molar-refractivity contribution in [2.75, 3.05) is 31.1 Å². The molecule has 14 heteroatoms. The van der Waals surface area contributed by atoms with Crippen LogP contribution in [0, 0.1) is 0 Å². The first kappa shape index (κ1) is 29.1. The Morgan fingerprint density at radius 3 is 2.56 bits per heavy atom. The molecule has 0 unspecified atom stereocenters. The predicted molar refractivity (Wildman–Crippen MR) is 161 cm³/mol. The molecule has 0 aliphatic carbocycles. The van der Waals surface area contributed by atoms with E-state index in [9.17, 15) is 18.0 Å². The van der Waals surface area contributed by atoms with Crippen molar-refractivity contribution in [2.24, 2.45) is 0 Å². The molecular weight excluding hydrogens is 619 g/mol. The van der Waals surface area contributed by atoms with E-state index in [2.05, 4.69) is 25.1 Å². The molecule has 1 aliphatic heterocycles. The molecule has 1 fully saturated rings. The van der Waals surface area contributed by atoms with Crippen molar-refractivity contribution >= 4 is 46.3 Å². The second kappa shape index (κ2) is 12.3. The summed E-state index contributed by atoms with van der Waals surface area (Å²) in [6, 6.07) is 16.2. The van der Waals surface area contributed by atoms with Crippen LogP contribution in [-0.4, -0.2) is 61.7 Å². The van der Waals surface area contributed by atoms with Crippen molar-refractivity contribution in [3.8, 4) is 17.1 Å². The number of pyridine rings is 1. The van der Waals surface area contributed by atoms with Gasteiger partial charge in [-0.3, -0.25) is 14.3 Å². The number of carbonyl (C=O) groups excluding carboxylic acids is 1. The second-order valence-electron chi connectivity index (χ2n) is 9.58. The number of hydrogen-bond acceptors (Lipinski definition) is 8. The van der Waals surface area contributed by atoms with E-state index in [1.807, 2.05) is 24.3 Å². The van der Waals surface area contributed by atoms with Gasteiger partial charge in [-0.15, -0.1) is 21.5 Å². The molecule has 6 rings (SSSR count). The van der Waals surface area contributed by atoms with Crippen LogP contribution in [0.25, 0.3) is 17.1 Å². The van der Waals surface area contributed by atoms with Crippen LogP contribution in [0.4, 0.5) is 18.9 Å². The molecular formula is C29H23ClF3N7OS2. The number of thioether (sulfide) groups is 1. The number of anilines is 1. The van der Waals surface area contributed by atoms with Crippen molar-refractivity contribution < 1.29 is 18.0 Å². The van der Waals surface area contributed by atoms with Crippen molar-refractivity contribution in [1.29, 1.82) is 0 Å². The zero-order valence-electron chi connectivity index (χ0n) is 22.4. The fourth-order valence-electron chi connectivity index (χ4n) is 4.72. The number of thiazole rings is 1. The Labute approximate surface area is 258 Å². The number of carbonyl (C=O) groups is 1. The summed E-state index contributed by atoms with van der Waals surface area (Å²) in [5.74, 6) is 0.570. The summed E-state index contributed by atoms with van der Waals surface area (Å²) in [4.78, 5) is 25.8. The lowest BCUT2D eigenvalue weighted by Crippen LogP contribution is -2.49. The number of halogens is 4. The van der Waals surface area contributed by atoms with Gasteiger partial charge in [-0.25, -0.2) is 4.98 Å². The number of aromatic nitrogens is 5. The molecule has 3 aromatic heterocycles. The molecule has 2 aromatic carbocycles. The minimum atomic E-state index is -4.50. The van der Waals surface area contributed by atoms with Gasteiger partial charge < -0.3 is 9.80 Å². The van der Waals surface area contributed by atoms with Crippen LogP contribution >= 0.6 is 34.7 Å². The smallest absolute Gasteiger partial charge is 0.367 e. The third kappa shape index (κ3) is 6.38. The maximum Gasteiger partial charge on any atom is 0.416 e. The minimum Gasteiger partial charge on any atom is -0.367 e. The van der Waals surface area contributed by atoms with E-state index in [0.29, 0.717) is 64.2 Å². The first-order valence-electron chi connectivity index (χ1n) is 13.2. The van der Waals surface area contributed by atoms with E-state index < -0.39 is 11.7 Å². The quantitative estimate of drug-likeness (QED) is 0.183. The first-order chi connectivity index (χ1) is 20.8. The molecule has 0 bridgehead atoms. The van der Waals surface area contributed by atoms with E-state index in [4.69, 9.17) is 11.6 Å². The summed E-state index contributed by atoms with van der Waals surface area (Å²) in [6.07, 6.45) is -1.32. The van der Waals surface area contributed by atoms with Gasteiger partial charge in [-0.05, 0) is 42.5 Å². The summed E-state index contributed by atoms with van der Waals surface area (Å²) in [5, 5.41) is 12.0. The van der Waals surface area contributed by atoms with E-state index in [-0.39, 0.29) is 11.6 Å². The Hall–Kier alpha value is -3.94. The molecule has 5 aromatic rings. The first-order valence-corrected chi connectivity index (χ1v) is 15.4. The van der Waals surface area contributed by atoms with Crippen LogP contribution in [0.2, 0.25) is 5.02 Å². The minimum absolute atomic E-state index is 0.141. The Kier molecular flexibility index (Phi) is 8.37. The molecule has 0 N–H and O–H groups in total. The van der Waals surface area contributed by atoms with Gasteiger partial charge in [-0.2, -0.15) is 13.2 Å². The highest BCUT2D eigenvalue weighted by Gasteiger charge is 2.31. The topological polar surface area (TPSA) is 80.0 Å². The maximum absolute atomic E-state index is 13.5. The van der Waals surface area contributed by atoms with E-state index in [1.54, 1.807) is 45.4 Å². The van der Waals surface area contributed by atoms with Crippen LogP contribution in [0.15, 0.2) is 83.6 Å². The molecule has 1 saturated heterocycles. The summed E-state index contributed by atoms with van der Waals surface area (Å²) in [7, 11) is 0. The maximum atomic E-state index is 13.5. The Balaban J connectivity index is 1.17. The van der Waals surface area contributed by atoms with Gasteiger partial charge in [0.15, 0.2) is 11.0 Å². The number of para-hydroxylation sites is 1. The molecule has 4 heterocycles. The molecule has 220 valence electrons. The summed E-state index contributed by atoms with van der Waals surface area (Å²) >= 11 is 8.96. The molecule has 0 spiro atoms. The molecule has 1 aliphatic rings. The Morgan fingerprint density at radius 2 is 1.81 bits per heavy atom. The average molecular weight is 642 g/mol. The monoisotopic (exact) mass is 641 g/mol. The van der Waals surface area contributed by atoms with Gasteiger partial charge in [0.2, 0.25) is 0 Å². The molecule has 0 atom stereocenters. The van der Waals surface area contributed by atoms with Gasteiger partial charge >= 0.3 is 6.18 Å². The van der Waals surface area contributed by atoms with Crippen LogP contribution in [0.1, 0.15) is 21.1 Å². The van der Waals surface area contributed by atoms with E-state index in [1.165, 1.54) is 29.2 Å². The molecule has 8 nitrogen and oxygen atoms in total. The number of nitrogens with zero attached hydrogens (tertiary/aromatic N) is 7. The molecule has 43 heavy (non-hydrogen) atoms. The zero-order chi connectivity index (χ0) is 30.0. The summed E-state index contributed by atoms with van der Waals surface area (Å²) in [6.45, 7) is 2.41. The van der Waals surface area contributed by atoms with Crippen molar-refractivity contribution in [3.05, 3.63) is 99.7 Å². The van der Waals surface area contributed by atoms with Crippen molar-refractivity contribution in [2.45, 2.75) is 17.1 Å². The van der Waals surface area contributed by atoms with Crippen LogP contribution in [0.5, 0.6) is 0 Å². The normalized spacial score (nSPS) is 13.9. The van der Waals surface area contributed by atoms with Crippen molar-refractivity contribution in [3.63, 3.8) is 0 Å². The third-order valence-electron chi connectivity index (χ3n) is 6.84. The number of alkyl halides is 3. The second-order valence-corrected chi connectivity index (χ2v) is 11.9. The standard InChI is InChI=1S/C29H23ClF3N7OS2/c30-22-8-1-2-9-24(22)38-11-13-39(14-12-38)27(41)23-17-42-25(35-23)18-43-28-37-36-26(19-5-4-10-34-16-19)40(28)21-7-3-6-20(15-21)29(31,32)33/h1-10,15-17H,11-14,18H2. The highest BCUT2D eigenvalue weighted by atomic mass is 35.5. The average Bonchev–Trinajstić information content (AvgIpc) is 3.68. The van der Waals surface area contributed by atoms with Gasteiger partial charge in [-0.1, -0.05) is 41.6 Å². The zero-order valence-corrected chi connectivity index (χ0v) is 24.8. The lowest BCUT2D eigenvalue weighted by molar-refractivity contribution is -0.137. The lowest BCUT2D eigenvalue weighted by atomic mass is 10.2. The number of benzene rings is 2. The van der Waals surface area contributed by atoms with E-state index >= 15 is 0 Å². The number of rotatable bonds is 7. The number of hydrogen-bond donors (Lipinski definition) is 0. The van der Waals surface area contributed by atoms with E-state index in [0.717, 1.165) is 17.8 Å². The van der Waals surface area contributed by atoms with Crippen LogP contribution in [0.3, 0.4) is 0 Å². The Morgan fingerprint density at radius 1 is 1.00 bits per heavy atom. The number of amides is 1. The molecule has 1 amide bonds. The SMILES string of the molecule is O=C(c1csc(CSc2nnc(-c3cccnc3)n2-c2cccc(C(F)(F)F)c2)n1)N1CCN(c2ccccc2Cl)CC1. The fourth-order valence-corrected chi connectivity index (χ4v) is 6.71. The predicted octanol–water partition coefficient (Wildman–Crippen LogP) is 6.71. The third-order valence-corrected chi connectivity index (χ3v) is 9.13. The summed E-state index contributed by atoms with van der Waals surface area (Å²) in [5.41, 5.74) is 1.42. The number of piperazine rings is 1. The largest absolute Gasteiger partial charge is 0.416 e.